The van der Waals surface area contributed by atoms with Crippen LogP contribution in [0, 0.1) is 24.2 Å². The molecule has 1 rings (SSSR count). The number of carbonyl (C=O) groups is 1. The van der Waals surface area contributed by atoms with Crippen molar-refractivity contribution in [3.8, 4) is 29.9 Å². The Balaban J connectivity index is 2.93. The fraction of sp³-hybridized carbons (Fsp3) is 0.450. The van der Waals surface area contributed by atoms with E-state index in [2.05, 4.69) is 17.8 Å². The summed E-state index contributed by atoms with van der Waals surface area (Å²) in [6.45, 7) is 6.72. The van der Waals surface area contributed by atoms with E-state index < -0.39 is 11.9 Å². The third-order valence-electron chi connectivity index (χ3n) is 3.77. The molecular weight excluding hydrogens is 302 g/mol. The summed E-state index contributed by atoms with van der Waals surface area (Å²) in [5.74, 6) is 8.27. The monoisotopic (exact) mass is 327 g/mol. The fourth-order valence-electron chi connectivity index (χ4n) is 1.98. The topological polar surface area (TPSA) is 49.8 Å². The second-order valence-corrected chi connectivity index (χ2v) is 5.73. The second-order valence-electron chi connectivity index (χ2n) is 5.73. The summed E-state index contributed by atoms with van der Waals surface area (Å²) in [5.41, 5.74) is 1.07. The number of likely N-dealkylation sites (N-methyl/N-ethyl adjacent to an activating group) is 1. The molecule has 0 unspecified atom stereocenters. The lowest BCUT2D eigenvalue weighted by Gasteiger charge is -2.24. The standard InChI is InChI=1S/C20H25NO3/c1-6-13-24-20-11-10-17(14-18(20)19(23)7-2)9-8-12-21(5)15(3)16(4)22/h2,10-11,14-16,22H,6,12-13H2,1,3-5H3/t15-,16-/m1/s1. The highest BCUT2D eigenvalue weighted by atomic mass is 16.5. The maximum atomic E-state index is 11.9. The maximum Gasteiger partial charge on any atom is 0.239 e. The van der Waals surface area contributed by atoms with Crippen LogP contribution in [0.3, 0.4) is 0 Å². The quantitative estimate of drug-likeness (QED) is 0.474. The van der Waals surface area contributed by atoms with E-state index in [0.717, 1.165) is 6.42 Å². The molecule has 0 aliphatic rings. The van der Waals surface area contributed by atoms with E-state index >= 15 is 0 Å². The number of benzene rings is 1. The molecule has 4 nitrogen and oxygen atoms in total. The van der Waals surface area contributed by atoms with E-state index in [1.165, 1.54) is 0 Å². The van der Waals surface area contributed by atoms with E-state index in [0.29, 0.717) is 30.0 Å². The molecule has 1 aromatic rings. The first-order valence-electron chi connectivity index (χ1n) is 8.05. The van der Waals surface area contributed by atoms with Gasteiger partial charge in [-0.3, -0.25) is 9.69 Å². The maximum absolute atomic E-state index is 11.9. The van der Waals surface area contributed by atoms with Crippen LogP contribution in [0.1, 0.15) is 43.1 Å². The summed E-state index contributed by atoms with van der Waals surface area (Å²) in [6, 6.07) is 5.22. The molecule has 0 aromatic heterocycles. The number of aliphatic hydroxyl groups is 1. The number of nitrogens with zero attached hydrogens (tertiary/aromatic N) is 1. The van der Waals surface area contributed by atoms with Crippen LogP contribution in [0.5, 0.6) is 5.75 Å². The molecular formula is C20H25NO3. The summed E-state index contributed by atoms with van der Waals surface area (Å²) in [7, 11) is 1.90. The van der Waals surface area contributed by atoms with Crippen LogP contribution < -0.4 is 4.74 Å². The van der Waals surface area contributed by atoms with E-state index in [9.17, 15) is 9.90 Å². The van der Waals surface area contributed by atoms with Crippen molar-refractivity contribution in [3.63, 3.8) is 0 Å². The minimum Gasteiger partial charge on any atom is -0.493 e. The van der Waals surface area contributed by atoms with Crippen molar-refractivity contribution >= 4 is 5.78 Å². The molecule has 0 saturated carbocycles. The van der Waals surface area contributed by atoms with Gasteiger partial charge in [-0.15, -0.1) is 6.42 Å². The van der Waals surface area contributed by atoms with Gasteiger partial charge in [0.25, 0.3) is 0 Å². The van der Waals surface area contributed by atoms with Crippen LogP contribution >= 0.6 is 0 Å². The Morgan fingerprint density at radius 1 is 1.42 bits per heavy atom. The molecule has 0 aliphatic carbocycles. The Hall–Kier alpha value is -2.27. The van der Waals surface area contributed by atoms with E-state index in [1.54, 1.807) is 19.1 Å². The van der Waals surface area contributed by atoms with Gasteiger partial charge in [-0.05, 0) is 51.4 Å². The molecule has 128 valence electrons. The smallest absolute Gasteiger partial charge is 0.239 e. The molecule has 0 saturated heterocycles. The van der Waals surface area contributed by atoms with Crippen molar-refractivity contribution in [2.24, 2.45) is 0 Å². The van der Waals surface area contributed by atoms with Crippen molar-refractivity contribution in [2.45, 2.75) is 39.3 Å². The molecule has 1 N–H and O–H groups in total. The lowest BCUT2D eigenvalue weighted by atomic mass is 10.1. The van der Waals surface area contributed by atoms with E-state index in [-0.39, 0.29) is 6.04 Å². The van der Waals surface area contributed by atoms with Gasteiger partial charge in [0, 0.05) is 11.6 Å². The number of carbonyl (C=O) groups excluding carboxylic acids is 1. The number of ketones is 1. The zero-order valence-corrected chi connectivity index (χ0v) is 14.8. The average Bonchev–Trinajstić information content (AvgIpc) is 2.58. The molecule has 0 bridgehead atoms. The summed E-state index contributed by atoms with van der Waals surface area (Å²) >= 11 is 0. The van der Waals surface area contributed by atoms with Crippen molar-refractivity contribution in [2.75, 3.05) is 20.2 Å². The summed E-state index contributed by atoms with van der Waals surface area (Å²) in [6.07, 6.45) is 5.65. The molecule has 0 fully saturated rings. The van der Waals surface area contributed by atoms with Gasteiger partial charge in [-0.2, -0.15) is 0 Å². The Bertz CT molecular complexity index is 662. The number of Topliss-reactive ketones (excluding diaryl/α,β-unsaturated/α-hetero) is 1. The summed E-state index contributed by atoms with van der Waals surface area (Å²) < 4.78 is 5.56. The van der Waals surface area contributed by atoms with Crippen molar-refractivity contribution in [3.05, 3.63) is 29.3 Å². The number of rotatable bonds is 7. The SMILES string of the molecule is C#CC(=O)c1cc(C#CCN(C)[C@H](C)[C@@H](C)O)ccc1OCCC. The molecule has 2 atom stereocenters. The number of ether oxygens (including phenoxy) is 1. The Morgan fingerprint density at radius 2 is 2.12 bits per heavy atom. The first-order chi connectivity index (χ1) is 11.4. The molecule has 0 radical (unpaired) electrons. The highest BCUT2D eigenvalue weighted by molar-refractivity contribution is 6.10. The van der Waals surface area contributed by atoms with Crippen molar-refractivity contribution in [1.29, 1.82) is 0 Å². The van der Waals surface area contributed by atoms with Gasteiger partial charge < -0.3 is 9.84 Å². The molecule has 4 heteroatoms. The van der Waals surface area contributed by atoms with E-state index in [1.807, 2.05) is 31.9 Å². The third kappa shape index (κ3) is 5.74. The summed E-state index contributed by atoms with van der Waals surface area (Å²) in [5, 5.41) is 9.57. The zero-order valence-electron chi connectivity index (χ0n) is 14.8. The molecule has 0 aliphatic heterocycles. The molecule has 0 heterocycles. The largest absolute Gasteiger partial charge is 0.493 e. The predicted molar refractivity (Wildman–Crippen MR) is 96.0 cm³/mol. The molecule has 1 aromatic carbocycles. The number of hydrogen-bond donors (Lipinski definition) is 1. The second kappa shape index (κ2) is 9.78. The number of aliphatic hydroxyl groups excluding tert-OH is 1. The third-order valence-corrected chi connectivity index (χ3v) is 3.77. The molecule has 24 heavy (non-hydrogen) atoms. The molecule has 0 spiro atoms. The van der Waals surface area contributed by atoms with Gasteiger partial charge in [0.05, 0.1) is 24.8 Å². The van der Waals surface area contributed by atoms with Crippen LogP contribution in [-0.2, 0) is 0 Å². The first kappa shape index (κ1) is 19.8. The van der Waals surface area contributed by atoms with Gasteiger partial charge in [0.15, 0.2) is 0 Å². The number of hydrogen-bond acceptors (Lipinski definition) is 4. The Labute approximate surface area is 144 Å². The Morgan fingerprint density at radius 3 is 2.71 bits per heavy atom. The van der Waals surface area contributed by atoms with Gasteiger partial charge in [0.1, 0.15) is 5.75 Å². The van der Waals surface area contributed by atoms with Crippen molar-refractivity contribution < 1.29 is 14.6 Å². The zero-order chi connectivity index (χ0) is 18.1. The van der Waals surface area contributed by atoms with Crippen LogP contribution in [0.15, 0.2) is 18.2 Å². The lowest BCUT2D eigenvalue weighted by Crippen LogP contribution is -2.37. The Kier molecular flexibility index (Phi) is 8.06. The van der Waals surface area contributed by atoms with Gasteiger partial charge in [-0.1, -0.05) is 18.8 Å². The van der Waals surface area contributed by atoms with Crippen LogP contribution in [-0.4, -0.2) is 48.1 Å². The minimum absolute atomic E-state index is 0.0164. The average molecular weight is 327 g/mol. The fourth-order valence-corrected chi connectivity index (χ4v) is 1.98. The highest BCUT2D eigenvalue weighted by Crippen LogP contribution is 2.21. The predicted octanol–water partition coefficient (Wildman–Crippen LogP) is 2.34. The number of terminal acetylenes is 1. The molecule has 0 amide bonds. The van der Waals surface area contributed by atoms with Gasteiger partial charge in [-0.25, -0.2) is 0 Å². The normalized spacial score (nSPS) is 12.7. The summed E-state index contributed by atoms with van der Waals surface area (Å²) in [4.78, 5) is 13.9. The van der Waals surface area contributed by atoms with Gasteiger partial charge in [0.2, 0.25) is 5.78 Å². The highest BCUT2D eigenvalue weighted by Gasteiger charge is 2.13. The minimum atomic E-state index is -0.424. The van der Waals surface area contributed by atoms with Crippen LogP contribution in [0.2, 0.25) is 0 Å². The van der Waals surface area contributed by atoms with Gasteiger partial charge >= 0.3 is 0 Å². The van der Waals surface area contributed by atoms with E-state index in [4.69, 9.17) is 11.2 Å². The van der Waals surface area contributed by atoms with Crippen LogP contribution in [0.25, 0.3) is 0 Å². The first-order valence-corrected chi connectivity index (χ1v) is 8.05. The van der Waals surface area contributed by atoms with Crippen LogP contribution in [0.4, 0.5) is 0 Å². The lowest BCUT2D eigenvalue weighted by molar-refractivity contribution is 0.0943. The van der Waals surface area contributed by atoms with Crippen molar-refractivity contribution in [1.82, 2.24) is 4.90 Å².